The molecule has 1 unspecified atom stereocenters. The van der Waals surface area contributed by atoms with Crippen LogP contribution in [0.4, 0.5) is 5.69 Å². The Morgan fingerprint density at radius 1 is 1.33 bits per heavy atom. The molecular formula is C12H20N2O. The predicted octanol–water partition coefficient (Wildman–Crippen LogP) is 1.79. The molecular weight excluding hydrogens is 188 g/mol. The second kappa shape index (κ2) is 5.73. The van der Waals surface area contributed by atoms with Crippen molar-refractivity contribution in [2.45, 2.75) is 13.0 Å². The first-order valence-corrected chi connectivity index (χ1v) is 5.20. The van der Waals surface area contributed by atoms with E-state index in [1.54, 1.807) is 7.11 Å². The summed E-state index contributed by atoms with van der Waals surface area (Å²) in [6.07, 6.45) is 0. The molecule has 0 aromatic heterocycles. The molecule has 1 atom stereocenters. The summed E-state index contributed by atoms with van der Waals surface area (Å²) < 4.78 is 5.03. The van der Waals surface area contributed by atoms with E-state index < -0.39 is 0 Å². The highest BCUT2D eigenvalue weighted by atomic mass is 16.5. The van der Waals surface area contributed by atoms with Gasteiger partial charge in [-0.15, -0.1) is 0 Å². The fraction of sp³-hybridized carbons (Fsp3) is 0.500. The van der Waals surface area contributed by atoms with Crippen molar-refractivity contribution in [2.24, 2.45) is 5.73 Å². The van der Waals surface area contributed by atoms with Gasteiger partial charge in [0.15, 0.2) is 0 Å². The van der Waals surface area contributed by atoms with Gasteiger partial charge in [-0.25, -0.2) is 0 Å². The van der Waals surface area contributed by atoms with E-state index in [2.05, 4.69) is 36.2 Å². The van der Waals surface area contributed by atoms with Crippen LogP contribution in [0.2, 0.25) is 0 Å². The lowest BCUT2D eigenvalue weighted by molar-refractivity contribution is 0.206. The van der Waals surface area contributed by atoms with Gasteiger partial charge in [0, 0.05) is 32.4 Å². The van der Waals surface area contributed by atoms with Crippen LogP contribution in [0.1, 0.15) is 18.5 Å². The van der Waals surface area contributed by atoms with Gasteiger partial charge in [0.1, 0.15) is 0 Å². The lowest BCUT2D eigenvalue weighted by atomic mass is 10.1. The van der Waals surface area contributed by atoms with Gasteiger partial charge in [-0.05, 0) is 24.6 Å². The van der Waals surface area contributed by atoms with Crippen LogP contribution in [0.3, 0.4) is 0 Å². The maximum absolute atomic E-state index is 5.79. The van der Waals surface area contributed by atoms with Crippen LogP contribution in [-0.4, -0.2) is 27.3 Å². The maximum atomic E-state index is 5.79. The number of anilines is 1. The average molecular weight is 208 g/mol. The Balaban J connectivity index is 2.62. The second-order valence-corrected chi connectivity index (χ2v) is 3.79. The minimum Gasteiger partial charge on any atom is -0.383 e. The molecule has 1 aromatic rings. The van der Waals surface area contributed by atoms with Gasteiger partial charge in [0.05, 0.1) is 6.61 Å². The Hall–Kier alpha value is -1.06. The van der Waals surface area contributed by atoms with E-state index in [9.17, 15) is 0 Å². The summed E-state index contributed by atoms with van der Waals surface area (Å²) in [5, 5.41) is 0. The Bertz CT molecular complexity index is 282. The Labute approximate surface area is 91.8 Å². The van der Waals surface area contributed by atoms with Crippen LogP contribution in [0.25, 0.3) is 0 Å². The molecule has 0 spiro atoms. The normalized spacial score (nSPS) is 12.5. The van der Waals surface area contributed by atoms with Gasteiger partial charge in [0.25, 0.3) is 0 Å². The number of rotatable bonds is 5. The van der Waals surface area contributed by atoms with Gasteiger partial charge in [-0.2, -0.15) is 0 Å². The lowest BCUT2D eigenvalue weighted by Crippen LogP contribution is -2.21. The smallest absolute Gasteiger partial charge is 0.0637 e. The monoisotopic (exact) mass is 208 g/mol. The van der Waals surface area contributed by atoms with Gasteiger partial charge in [-0.1, -0.05) is 12.1 Å². The number of ether oxygens (including phenoxy) is 1. The van der Waals surface area contributed by atoms with Crippen molar-refractivity contribution < 1.29 is 4.74 Å². The van der Waals surface area contributed by atoms with Crippen molar-refractivity contribution in [2.75, 3.05) is 32.2 Å². The molecule has 0 aliphatic heterocycles. The summed E-state index contributed by atoms with van der Waals surface area (Å²) >= 11 is 0. The second-order valence-electron chi connectivity index (χ2n) is 3.79. The number of hydrogen-bond acceptors (Lipinski definition) is 3. The van der Waals surface area contributed by atoms with E-state index in [0.29, 0.717) is 0 Å². The van der Waals surface area contributed by atoms with Crippen molar-refractivity contribution in [3.63, 3.8) is 0 Å². The first kappa shape index (κ1) is 12.0. The molecule has 0 radical (unpaired) electrons. The zero-order chi connectivity index (χ0) is 11.3. The molecule has 84 valence electrons. The van der Waals surface area contributed by atoms with E-state index in [-0.39, 0.29) is 6.04 Å². The van der Waals surface area contributed by atoms with Crippen LogP contribution in [0.15, 0.2) is 24.3 Å². The topological polar surface area (TPSA) is 38.5 Å². The molecule has 3 heteroatoms. The number of benzene rings is 1. The maximum Gasteiger partial charge on any atom is 0.0637 e. The molecule has 0 saturated carbocycles. The fourth-order valence-corrected chi connectivity index (χ4v) is 1.39. The van der Waals surface area contributed by atoms with Gasteiger partial charge in [-0.3, -0.25) is 0 Å². The number of methoxy groups -OCH3 is 1. The van der Waals surface area contributed by atoms with E-state index in [4.69, 9.17) is 10.5 Å². The Morgan fingerprint density at radius 3 is 2.40 bits per heavy atom. The highest BCUT2D eigenvalue weighted by Gasteiger charge is 2.02. The standard InChI is InChI=1S/C12H20N2O/c1-10(13)11-4-6-12(7-5-11)14(2)8-9-15-3/h4-7,10H,8-9,13H2,1-3H3. The third-order valence-electron chi connectivity index (χ3n) is 2.49. The lowest BCUT2D eigenvalue weighted by Gasteiger charge is -2.19. The SMILES string of the molecule is COCCN(C)c1ccc(C(C)N)cc1. The number of nitrogens with two attached hydrogens (primary N) is 1. The molecule has 0 heterocycles. The molecule has 2 N–H and O–H groups in total. The van der Waals surface area contributed by atoms with Crippen molar-refractivity contribution in [1.29, 1.82) is 0 Å². The predicted molar refractivity (Wildman–Crippen MR) is 64.2 cm³/mol. The summed E-state index contributed by atoms with van der Waals surface area (Å²) in [6.45, 7) is 3.63. The van der Waals surface area contributed by atoms with E-state index >= 15 is 0 Å². The zero-order valence-electron chi connectivity index (χ0n) is 9.73. The van der Waals surface area contributed by atoms with E-state index in [1.165, 1.54) is 11.3 Å². The van der Waals surface area contributed by atoms with Crippen molar-refractivity contribution in [1.82, 2.24) is 0 Å². The number of hydrogen-bond donors (Lipinski definition) is 1. The fourth-order valence-electron chi connectivity index (χ4n) is 1.39. The van der Waals surface area contributed by atoms with E-state index in [1.807, 2.05) is 6.92 Å². The molecule has 0 amide bonds. The van der Waals surface area contributed by atoms with Gasteiger partial charge >= 0.3 is 0 Å². The minimum atomic E-state index is 0.100. The molecule has 15 heavy (non-hydrogen) atoms. The largest absolute Gasteiger partial charge is 0.383 e. The van der Waals surface area contributed by atoms with E-state index in [0.717, 1.165) is 13.2 Å². The van der Waals surface area contributed by atoms with Crippen molar-refractivity contribution in [3.05, 3.63) is 29.8 Å². The summed E-state index contributed by atoms with van der Waals surface area (Å²) in [4.78, 5) is 2.16. The molecule has 0 aliphatic carbocycles. The van der Waals surface area contributed by atoms with Gasteiger partial charge in [0.2, 0.25) is 0 Å². The summed E-state index contributed by atoms with van der Waals surface area (Å²) in [5.74, 6) is 0. The Kier molecular flexibility index (Phi) is 4.59. The van der Waals surface area contributed by atoms with Crippen LogP contribution in [0.5, 0.6) is 0 Å². The summed E-state index contributed by atoms with van der Waals surface area (Å²) in [7, 11) is 3.77. The average Bonchev–Trinajstić information content (AvgIpc) is 2.26. The highest BCUT2D eigenvalue weighted by Crippen LogP contribution is 2.16. The molecule has 0 aliphatic rings. The zero-order valence-corrected chi connectivity index (χ0v) is 9.73. The minimum absolute atomic E-state index is 0.100. The summed E-state index contributed by atoms with van der Waals surface area (Å²) in [5.41, 5.74) is 8.14. The quantitative estimate of drug-likeness (QED) is 0.801. The van der Waals surface area contributed by atoms with Gasteiger partial charge < -0.3 is 15.4 Å². The van der Waals surface area contributed by atoms with Crippen molar-refractivity contribution in [3.8, 4) is 0 Å². The third kappa shape index (κ3) is 3.53. The molecule has 1 rings (SSSR count). The first-order chi connectivity index (χ1) is 7.15. The molecule has 3 nitrogen and oxygen atoms in total. The van der Waals surface area contributed by atoms with Crippen LogP contribution >= 0.6 is 0 Å². The number of likely N-dealkylation sites (N-methyl/N-ethyl adjacent to an activating group) is 1. The molecule has 0 saturated heterocycles. The summed E-state index contributed by atoms with van der Waals surface area (Å²) in [6, 6.07) is 8.43. The molecule has 0 bridgehead atoms. The third-order valence-corrected chi connectivity index (χ3v) is 2.49. The van der Waals surface area contributed by atoms with Crippen LogP contribution < -0.4 is 10.6 Å². The van der Waals surface area contributed by atoms with Crippen molar-refractivity contribution >= 4 is 5.69 Å². The van der Waals surface area contributed by atoms with Crippen LogP contribution in [-0.2, 0) is 4.74 Å². The molecule has 0 fully saturated rings. The van der Waals surface area contributed by atoms with Crippen LogP contribution in [0, 0.1) is 0 Å². The Morgan fingerprint density at radius 2 is 1.93 bits per heavy atom. The first-order valence-electron chi connectivity index (χ1n) is 5.20. The molecule has 1 aromatic carbocycles. The number of nitrogens with zero attached hydrogens (tertiary/aromatic N) is 1. The highest BCUT2D eigenvalue weighted by molar-refractivity contribution is 5.47.